The Morgan fingerprint density at radius 1 is 1.16 bits per heavy atom. The molecule has 0 radical (unpaired) electrons. The van der Waals surface area contributed by atoms with Gasteiger partial charge in [-0.05, 0) is 31.2 Å². The van der Waals surface area contributed by atoms with Gasteiger partial charge < -0.3 is 14.5 Å². The van der Waals surface area contributed by atoms with Gasteiger partial charge in [0.15, 0.2) is 0 Å². The summed E-state index contributed by atoms with van der Waals surface area (Å²) in [5, 5.41) is 3.07. The lowest BCUT2D eigenvalue weighted by Gasteiger charge is -2.09. The van der Waals surface area contributed by atoms with Gasteiger partial charge in [0.05, 0.1) is 6.61 Å². The van der Waals surface area contributed by atoms with Gasteiger partial charge in [0, 0.05) is 11.6 Å². The number of hydrogen-bond acceptors (Lipinski definition) is 6. The van der Waals surface area contributed by atoms with Crippen LogP contribution in [0, 0.1) is 0 Å². The predicted molar refractivity (Wildman–Crippen MR) is 90.6 cm³/mol. The monoisotopic (exact) mass is 338 g/mol. The van der Waals surface area contributed by atoms with Crippen molar-refractivity contribution in [1.82, 2.24) is 4.98 Å². The molecule has 0 aliphatic carbocycles. The lowest BCUT2D eigenvalue weighted by atomic mass is 10.1. The predicted octanol–water partition coefficient (Wildman–Crippen LogP) is 2.62. The Kier molecular flexibility index (Phi) is 4.56. The van der Waals surface area contributed by atoms with Crippen LogP contribution in [0.5, 0.6) is 0 Å². The summed E-state index contributed by atoms with van der Waals surface area (Å²) >= 11 is 0. The molecule has 126 valence electrons. The summed E-state index contributed by atoms with van der Waals surface area (Å²) in [7, 11) is 0. The number of esters is 1. The molecule has 0 unspecified atom stereocenters. The van der Waals surface area contributed by atoms with Crippen molar-refractivity contribution in [3.05, 3.63) is 70.2 Å². The van der Waals surface area contributed by atoms with E-state index < -0.39 is 17.5 Å². The lowest BCUT2D eigenvalue weighted by molar-refractivity contribution is 0.0527. The highest BCUT2D eigenvalue weighted by Gasteiger charge is 2.19. The second-order valence-corrected chi connectivity index (χ2v) is 5.06. The number of rotatable bonds is 4. The van der Waals surface area contributed by atoms with E-state index in [0.29, 0.717) is 11.0 Å². The van der Waals surface area contributed by atoms with Gasteiger partial charge in [-0.2, -0.15) is 0 Å². The van der Waals surface area contributed by atoms with Crippen LogP contribution in [0.1, 0.15) is 27.6 Å². The number of pyridine rings is 1. The quantitative estimate of drug-likeness (QED) is 0.580. The van der Waals surface area contributed by atoms with Gasteiger partial charge in [0.25, 0.3) is 5.91 Å². The third-order valence-corrected chi connectivity index (χ3v) is 3.42. The van der Waals surface area contributed by atoms with E-state index in [-0.39, 0.29) is 23.6 Å². The number of ether oxygens (including phenoxy) is 1. The molecule has 1 aromatic carbocycles. The van der Waals surface area contributed by atoms with Crippen LogP contribution < -0.4 is 10.9 Å². The molecular weight excluding hydrogens is 324 g/mol. The zero-order valence-electron chi connectivity index (χ0n) is 13.3. The fourth-order valence-electron chi connectivity index (χ4n) is 2.27. The minimum atomic E-state index is -0.773. The number of anilines is 1. The van der Waals surface area contributed by atoms with Crippen molar-refractivity contribution in [3.8, 4) is 0 Å². The fraction of sp³-hybridized carbons (Fsp3) is 0.111. The lowest BCUT2D eigenvalue weighted by Crippen LogP contribution is -2.22. The minimum Gasteiger partial charge on any atom is -0.462 e. The number of nitrogens with one attached hydrogen (secondary N) is 1. The average Bonchev–Trinajstić information content (AvgIpc) is 2.61. The second kappa shape index (κ2) is 6.96. The summed E-state index contributed by atoms with van der Waals surface area (Å²) < 4.78 is 10.1. The van der Waals surface area contributed by atoms with Gasteiger partial charge >= 0.3 is 11.6 Å². The number of aromatic nitrogens is 1. The van der Waals surface area contributed by atoms with Crippen molar-refractivity contribution in [1.29, 1.82) is 0 Å². The highest BCUT2D eigenvalue weighted by Crippen LogP contribution is 2.16. The number of nitrogens with zero attached hydrogens (tertiary/aromatic N) is 1. The molecule has 0 atom stereocenters. The molecule has 2 aromatic heterocycles. The van der Waals surface area contributed by atoms with Crippen LogP contribution in [-0.2, 0) is 4.74 Å². The zero-order chi connectivity index (χ0) is 17.8. The van der Waals surface area contributed by atoms with E-state index >= 15 is 0 Å². The summed E-state index contributed by atoms with van der Waals surface area (Å²) in [6, 6.07) is 11.3. The van der Waals surface area contributed by atoms with Crippen LogP contribution in [0.25, 0.3) is 11.0 Å². The van der Waals surface area contributed by atoms with Crippen molar-refractivity contribution < 1.29 is 18.7 Å². The molecule has 7 nitrogen and oxygen atoms in total. The first-order valence-corrected chi connectivity index (χ1v) is 7.56. The molecule has 0 aliphatic heterocycles. The Balaban J connectivity index is 1.95. The Hall–Kier alpha value is -3.48. The number of benzene rings is 1. The summed E-state index contributed by atoms with van der Waals surface area (Å²) in [6.07, 6.45) is 1.42. The van der Waals surface area contributed by atoms with Crippen LogP contribution >= 0.6 is 0 Å². The molecule has 0 aliphatic rings. The third kappa shape index (κ3) is 3.40. The van der Waals surface area contributed by atoms with Crippen molar-refractivity contribution >= 4 is 28.7 Å². The Morgan fingerprint density at radius 3 is 2.76 bits per heavy atom. The Labute approximate surface area is 142 Å². The molecule has 0 saturated carbocycles. The molecule has 0 saturated heterocycles. The molecule has 3 aromatic rings. The fourth-order valence-corrected chi connectivity index (χ4v) is 2.27. The SMILES string of the molecule is CCOC(=O)c1cccnc1NC(=O)c1cc2ccccc2oc1=O. The van der Waals surface area contributed by atoms with E-state index in [0.717, 1.165) is 0 Å². The Bertz CT molecular complexity index is 1010. The first-order valence-electron chi connectivity index (χ1n) is 7.56. The van der Waals surface area contributed by atoms with Gasteiger partial charge in [0.1, 0.15) is 22.5 Å². The van der Waals surface area contributed by atoms with Gasteiger partial charge in [-0.15, -0.1) is 0 Å². The number of amides is 1. The van der Waals surface area contributed by atoms with Crippen LogP contribution in [0.3, 0.4) is 0 Å². The number of carbonyl (C=O) groups excluding carboxylic acids is 2. The van der Waals surface area contributed by atoms with E-state index in [9.17, 15) is 14.4 Å². The maximum Gasteiger partial charge on any atom is 0.349 e. The van der Waals surface area contributed by atoms with E-state index in [1.54, 1.807) is 37.3 Å². The first-order chi connectivity index (χ1) is 12.1. The molecule has 0 spiro atoms. The number of carbonyl (C=O) groups is 2. The maximum absolute atomic E-state index is 12.4. The normalized spacial score (nSPS) is 10.4. The van der Waals surface area contributed by atoms with E-state index in [1.807, 2.05) is 0 Å². The minimum absolute atomic E-state index is 0.0125. The molecule has 1 N–H and O–H groups in total. The molecule has 3 rings (SSSR count). The van der Waals surface area contributed by atoms with Crippen LogP contribution in [0.4, 0.5) is 5.82 Å². The standard InChI is InChI=1S/C18H14N2O5/c1-2-24-17(22)12-7-5-9-19-15(12)20-16(21)13-10-11-6-3-4-8-14(11)25-18(13)23/h3-10H,2H2,1H3,(H,19,20,21). The largest absolute Gasteiger partial charge is 0.462 e. The highest BCUT2D eigenvalue weighted by atomic mass is 16.5. The molecule has 25 heavy (non-hydrogen) atoms. The second-order valence-electron chi connectivity index (χ2n) is 5.06. The maximum atomic E-state index is 12.4. The molecule has 2 heterocycles. The van der Waals surface area contributed by atoms with Gasteiger partial charge in [-0.25, -0.2) is 14.6 Å². The van der Waals surface area contributed by atoms with Gasteiger partial charge in [0.2, 0.25) is 0 Å². The molecular formula is C18H14N2O5. The summed E-state index contributed by atoms with van der Waals surface area (Å²) in [5.74, 6) is -1.32. The van der Waals surface area contributed by atoms with Crippen molar-refractivity contribution in [2.24, 2.45) is 0 Å². The van der Waals surface area contributed by atoms with Crippen LogP contribution in [0.15, 0.2) is 57.9 Å². The zero-order valence-corrected chi connectivity index (χ0v) is 13.3. The summed E-state index contributed by atoms with van der Waals surface area (Å²) in [4.78, 5) is 40.4. The Morgan fingerprint density at radius 2 is 1.96 bits per heavy atom. The summed E-state index contributed by atoms with van der Waals surface area (Å²) in [6.45, 7) is 1.86. The first kappa shape index (κ1) is 16.4. The van der Waals surface area contributed by atoms with Crippen molar-refractivity contribution in [3.63, 3.8) is 0 Å². The molecule has 0 bridgehead atoms. The van der Waals surface area contributed by atoms with E-state index in [2.05, 4.69) is 10.3 Å². The molecule has 0 fully saturated rings. The van der Waals surface area contributed by atoms with E-state index in [1.165, 1.54) is 18.3 Å². The van der Waals surface area contributed by atoms with Crippen molar-refractivity contribution in [2.75, 3.05) is 11.9 Å². The average molecular weight is 338 g/mol. The number of fused-ring (bicyclic) bond motifs is 1. The van der Waals surface area contributed by atoms with Crippen LogP contribution in [-0.4, -0.2) is 23.5 Å². The van der Waals surface area contributed by atoms with E-state index in [4.69, 9.17) is 9.15 Å². The topological polar surface area (TPSA) is 98.5 Å². The number of hydrogen-bond donors (Lipinski definition) is 1. The highest BCUT2D eigenvalue weighted by molar-refractivity contribution is 6.07. The van der Waals surface area contributed by atoms with Crippen LogP contribution in [0.2, 0.25) is 0 Å². The van der Waals surface area contributed by atoms with Gasteiger partial charge in [-0.1, -0.05) is 18.2 Å². The van der Waals surface area contributed by atoms with Gasteiger partial charge in [-0.3, -0.25) is 4.79 Å². The molecule has 1 amide bonds. The smallest absolute Gasteiger partial charge is 0.349 e. The summed E-state index contributed by atoms with van der Waals surface area (Å²) in [5.41, 5.74) is -0.471. The number of para-hydroxylation sites is 1. The molecule has 7 heteroatoms. The van der Waals surface area contributed by atoms with Crippen molar-refractivity contribution in [2.45, 2.75) is 6.92 Å². The third-order valence-electron chi connectivity index (χ3n) is 3.42.